The van der Waals surface area contributed by atoms with Crippen molar-refractivity contribution in [2.24, 2.45) is 0 Å². The van der Waals surface area contributed by atoms with Crippen LogP contribution in [0.5, 0.6) is 0 Å². The summed E-state index contributed by atoms with van der Waals surface area (Å²) >= 11 is 0. The number of aromatic nitrogens is 2. The first-order chi connectivity index (χ1) is 16.8. The molecular formula is C26H28N4O5. The number of hydrogen-bond acceptors (Lipinski definition) is 7. The molecule has 3 heterocycles. The molecule has 3 atom stereocenters. The molecule has 0 saturated carbocycles. The Hall–Kier alpha value is -3.29. The topological polar surface area (TPSA) is 151 Å². The molecule has 2 aliphatic heterocycles. The van der Waals surface area contributed by atoms with E-state index in [1.54, 1.807) is 24.3 Å². The van der Waals surface area contributed by atoms with Gasteiger partial charge in [0.05, 0.1) is 18.8 Å². The maximum absolute atomic E-state index is 12.8. The second kappa shape index (κ2) is 8.73. The first-order valence-electron chi connectivity index (χ1n) is 11.8. The van der Waals surface area contributed by atoms with Gasteiger partial charge >= 0.3 is 0 Å². The Morgan fingerprint density at radius 3 is 2.54 bits per heavy atom. The van der Waals surface area contributed by atoms with E-state index in [1.165, 1.54) is 6.20 Å². The second-order valence-electron chi connectivity index (χ2n) is 9.70. The Morgan fingerprint density at radius 1 is 1.20 bits per heavy atom. The van der Waals surface area contributed by atoms with Gasteiger partial charge in [-0.25, -0.2) is 4.98 Å². The fraction of sp³-hybridized carbons (Fsp3) is 0.423. The Bertz CT molecular complexity index is 1240. The van der Waals surface area contributed by atoms with Gasteiger partial charge in [-0.1, -0.05) is 24.3 Å². The number of benzene rings is 1. The smallest absolute Gasteiger partial charge is 0.291 e. The summed E-state index contributed by atoms with van der Waals surface area (Å²) in [5.41, 5.74) is -0.273. The normalized spacial score (nSPS) is 29.5. The average Bonchev–Trinajstić information content (AvgIpc) is 3.48. The third kappa shape index (κ3) is 4.19. The number of aromatic amines is 1. The van der Waals surface area contributed by atoms with E-state index >= 15 is 0 Å². The van der Waals surface area contributed by atoms with E-state index in [-0.39, 0.29) is 37.6 Å². The summed E-state index contributed by atoms with van der Waals surface area (Å²) in [5, 5.41) is 43.8. The number of nitrogens with zero attached hydrogens (tertiary/aromatic N) is 2. The zero-order chi connectivity index (χ0) is 24.7. The van der Waals surface area contributed by atoms with Gasteiger partial charge < -0.3 is 30.4 Å². The Kier molecular flexibility index (Phi) is 5.85. The van der Waals surface area contributed by atoms with Crippen molar-refractivity contribution >= 4 is 17.2 Å². The van der Waals surface area contributed by atoms with Crippen LogP contribution in [0.2, 0.25) is 0 Å². The molecule has 2 bridgehead atoms. The molecule has 35 heavy (non-hydrogen) atoms. The van der Waals surface area contributed by atoms with E-state index in [4.69, 9.17) is 10.00 Å². The van der Waals surface area contributed by atoms with Crippen LogP contribution in [0.15, 0.2) is 42.6 Å². The number of carbonyl (C=O) groups excluding carboxylic acids is 1. The lowest BCUT2D eigenvalue weighted by Gasteiger charge is -2.47. The van der Waals surface area contributed by atoms with Crippen molar-refractivity contribution in [1.29, 1.82) is 5.26 Å². The maximum atomic E-state index is 12.8. The molecule has 1 amide bonds. The number of amides is 1. The Morgan fingerprint density at radius 2 is 1.94 bits per heavy atom. The molecule has 0 radical (unpaired) electrons. The highest BCUT2D eigenvalue weighted by atomic mass is 16.6. The summed E-state index contributed by atoms with van der Waals surface area (Å²) in [5.74, 6) is -0.433. The third-order valence-electron chi connectivity index (χ3n) is 7.17. The van der Waals surface area contributed by atoms with Crippen molar-refractivity contribution in [3.63, 3.8) is 0 Å². The number of anilines is 1. The highest BCUT2D eigenvalue weighted by Crippen LogP contribution is 2.52. The zero-order valence-electron chi connectivity index (χ0n) is 19.3. The van der Waals surface area contributed by atoms with Crippen LogP contribution in [-0.2, 0) is 10.3 Å². The lowest BCUT2D eigenvalue weighted by Crippen LogP contribution is -2.55. The number of ether oxygens (including phenoxy) is 1. The van der Waals surface area contributed by atoms with Crippen LogP contribution >= 0.6 is 0 Å². The lowest BCUT2D eigenvalue weighted by atomic mass is 9.74. The summed E-state index contributed by atoms with van der Waals surface area (Å²) in [6, 6.07) is 7.29. The number of fused-ring (bicyclic) bond motifs is 2. The van der Waals surface area contributed by atoms with Gasteiger partial charge in [0.2, 0.25) is 0 Å². The Balaban J connectivity index is 1.52. The van der Waals surface area contributed by atoms with Gasteiger partial charge in [0, 0.05) is 30.3 Å². The third-order valence-corrected chi connectivity index (χ3v) is 7.17. The summed E-state index contributed by atoms with van der Waals surface area (Å²) in [6.07, 6.45) is 11.2. The molecule has 3 aliphatic rings. The van der Waals surface area contributed by atoms with Crippen LogP contribution in [0, 0.1) is 11.3 Å². The average molecular weight is 477 g/mol. The molecule has 1 aromatic carbocycles. The summed E-state index contributed by atoms with van der Waals surface area (Å²) in [7, 11) is 0. The fourth-order valence-electron chi connectivity index (χ4n) is 5.47. The van der Waals surface area contributed by atoms with Crippen molar-refractivity contribution < 1.29 is 24.9 Å². The van der Waals surface area contributed by atoms with Crippen LogP contribution in [0.4, 0.5) is 5.69 Å². The van der Waals surface area contributed by atoms with Gasteiger partial charge in [0.25, 0.3) is 5.91 Å². The summed E-state index contributed by atoms with van der Waals surface area (Å²) in [6.45, 7) is -0.624. The number of H-pyrrole nitrogens is 1. The van der Waals surface area contributed by atoms with Crippen LogP contribution in [0.25, 0.3) is 5.57 Å². The van der Waals surface area contributed by atoms with Gasteiger partial charge in [-0.2, -0.15) is 5.26 Å². The largest absolute Gasteiger partial charge is 0.393 e. The number of hydrogen-bond donors (Lipinski definition) is 5. The number of imidazole rings is 1. The number of carbonyl (C=O) groups is 1. The Labute approximate surface area is 202 Å². The monoisotopic (exact) mass is 476 g/mol. The van der Waals surface area contributed by atoms with Gasteiger partial charge in [-0.3, -0.25) is 4.79 Å². The standard InChI is InChI=1S/C26H28N4O5/c27-11-19-12-28-22(29-19)23(33)30-21-7-6-18(10-20(21)17-4-2-1-3-5-17)26(34)13-24(15-31)8-9-25(14-26,16-32)35-24/h4,6-10,12,31-32,34H,1-3,5,13-16H2,(H,28,29)(H,30,33)/t24-,25+,26+. The number of nitrogens with one attached hydrogen (secondary N) is 2. The molecule has 1 fully saturated rings. The molecular weight excluding hydrogens is 448 g/mol. The fourth-order valence-corrected chi connectivity index (χ4v) is 5.47. The van der Waals surface area contributed by atoms with Crippen molar-refractivity contribution in [3.8, 4) is 6.07 Å². The number of nitriles is 1. The van der Waals surface area contributed by atoms with E-state index in [0.717, 1.165) is 36.8 Å². The molecule has 0 unspecified atom stereocenters. The van der Waals surface area contributed by atoms with Crippen molar-refractivity contribution in [1.82, 2.24) is 9.97 Å². The van der Waals surface area contributed by atoms with E-state index in [9.17, 15) is 20.1 Å². The van der Waals surface area contributed by atoms with E-state index < -0.39 is 22.7 Å². The van der Waals surface area contributed by atoms with Crippen molar-refractivity contribution in [2.75, 3.05) is 18.5 Å². The quantitative estimate of drug-likeness (QED) is 0.402. The first-order valence-corrected chi connectivity index (χ1v) is 11.8. The molecule has 0 spiro atoms. The van der Waals surface area contributed by atoms with Gasteiger partial charge in [0.15, 0.2) is 11.5 Å². The minimum absolute atomic E-state index is 0.0367. The summed E-state index contributed by atoms with van der Waals surface area (Å²) in [4.78, 5) is 19.5. The van der Waals surface area contributed by atoms with Gasteiger partial charge in [-0.05, 0) is 49.0 Å². The number of aliphatic hydroxyl groups excluding tert-OH is 2. The van der Waals surface area contributed by atoms with E-state index in [0.29, 0.717) is 11.3 Å². The SMILES string of the molecule is N#Cc1c[nH]c(C(=O)Nc2ccc([C@]3(O)C[C@@]4(CO)C=C[C@@](CO)(C3)O4)cc2C2=CCCCC2)n1. The van der Waals surface area contributed by atoms with Crippen LogP contribution < -0.4 is 5.32 Å². The van der Waals surface area contributed by atoms with E-state index in [1.807, 2.05) is 12.1 Å². The lowest BCUT2D eigenvalue weighted by molar-refractivity contribution is -0.220. The molecule has 9 nitrogen and oxygen atoms in total. The predicted octanol–water partition coefficient (Wildman–Crippen LogP) is 2.52. The highest BCUT2D eigenvalue weighted by molar-refractivity contribution is 6.03. The van der Waals surface area contributed by atoms with Gasteiger partial charge in [-0.15, -0.1) is 0 Å². The summed E-state index contributed by atoms with van der Waals surface area (Å²) < 4.78 is 6.00. The van der Waals surface area contributed by atoms with E-state index in [2.05, 4.69) is 21.4 Å². The second-order valence-corrected chi connectivity index (χ2v) is 9.70. The maximum Gasteiger partial charge on any atom is 0.291 e. The van der Waals surface area contributed by atoms with Crippen LogP contribution in [0.3, 0.4) is 0 Å². The number of rotatable bonds is 6. The molecule has 2 aromatic rings. The van der Waals surface area contributed by atoms with Gasteiger partial charge in [0.1, 0.15) is 17.3 Å². The first kappa shape index (κ1) is 23.5. The highest BCUT2D eigenvalue weighted by Gasteiger charge is 2.57. The molecule has 5 N–H and O–H groups in total. The predicted molar refractivity (Wildman–Crippen MR) is 127 cm³/mol. The molecule has 182 valence electrons. The molecule has 1 aliphatic carbocycles. The number of aliphatic hydroxyl groups is 3. The zero-order valence-corrected chi connectivity index (χ0v) is 19.3. The van der Waals surface area contributed by atoms with Crippen LogP contribution in [-0.4, -0.2) is 55.6 Å². The van der Waals surface area contributed by atoms with Crippen molar-refractivity contribution in [3.05, 3.63) is 65.3 Å². The number of allylic oxidation sites excluding steroid dienone is 2. The molecule has 5 rings (SSSR count). The van der Waals surface area contributed by atoms with Crippen molar-refractivity contribution in [2.45, 2.75) is 55.3 Å². The van der Waals surface area contributed by atoms with Crippen LogP contribution in [0.1, 0.15) is 66.0 Å². The molecule has 9 heteroatoms. The minimum atomic E-state index is -1.36. The molecule has 1 saturated heterocycles. The molecule has 1 aromatic heterocycles. The minimum Gasteiger partial charge on any atom is -0.393 e.